The van der Waals surface area contributed by atoms with Crippen molar-refractivity contribution in [3.05, 3.63) is 65.3 Å². The molecule has 0 amide bonds. The molecule has 0 aliphatic heterocycles. The van der Waals surface area contributed by atoms with E-state index in [1.165, 1.54) is 4.68 Å². The van der Waals surface area contributed by atoms with Gasteiger partial charge < -0.3 is 0 Å². The van der Waals surface area contributed by atoms with Crippen LogP contribution >= 0.6 is 12.2 Å². The highest BCUT2D eigenvalue weighted by molar-refractivity contribution is 7.71. The molecule has 1 aromatic carbocycles. The first-order chi connectivity index (χ1) is 10.8. The van der Waals surface area contributed by atoms with Crippen LogP contribution in [0.4, 0.5) is 0 Å². The third kappa shape index (κ3) is 3.21. The van der Waals surface area contributed by atoms with E-state index in [2.05, 4.69) is 25.3 Å². The van der Waals surface area contributed by atoms with Crippen LogP contribution in [0.25, 0.3) is 17.6 Å². The van der Waals surface area contributed by atoms with Crippen LogP contribution in [0.15, 0.2) is 60.1 Å². The van der Waals surface area contributed by atoms with Crippen LogP contribution in [0.2, 0.25) is 0 Å². The highest BCUT2D eigenvalue weighted by Gasteiger charge is 2.08. The fourth-order valence-electron chi connectivity index (χ4n) is 1.80. The number of allylic oxidation sites excluding steroid dienone is 1. The molecule has 22 heavy (non-hydrogen) atoms. The highest BCUT2D eigenvalue weighted by atomic mass is 32.1. The van der Waals surface area contributed by atoms with E-state index in [1.807, 2.05) is 42.5 Å². The van der Waals surface area contributed by atoms with E-state index in [1.54, 1.807) is 24.8 Å². The van der Waals surface area contributed by atoms with Gasteiger partial charge in [0.25, 0.3) is 0 Å². The Bertz CT molecular complexity index is 848. The second-order valence-electron chi connectivity index (χ2n) is 4.29. The SMILES string of the molecule is S=c1[nH]nc(-c2cnccn2)n1/N=C/C=C/c1ccccc1. The van der Waals surface area contributed by atoms with Gasteiger partial charge in [-0.25, -0.2) is 10.1 Å². The van der Waals surface area contributed by atoms with Gasteiger partial charge in [-0.05, 0) is 23.9 Å². The summed E-state index contributed by atoms with van der Waals surface area (Å²) in [4.78, 5) is 8.21. The Balaban J connectivity index is 1.84. The number of hydrogen-bond acceptors (Lipinski definition) is 5. The van der Waals surface area contributed by atoms with Crippen molar-refractivity contribution >= 4 is 24.5 Å². The largest absolute Gasteiger partial charge is 0.261 e. The van der Waals surface area contributed by atoms with Gasteiger partial charge >= 0.3 is 0 Å². The maximum absolute atomic E-state index is 5.17. The number of rotatable bonds is 4. The molecule has 0 radical (unpaired) electrons. The Morgan fingerprint density at radius 1 is 1.18 bits per heavy atom. The minimum atomic E-state index is 0.394. The Morgan fingerprint density at radius 2 is 2.05 bits per heavy atom. The predicted octanol–water partition coefficient (Wildman–Crippen LogP) is 2.94. The monoisotopic (exact) mass is 308 g/mol. The van der Waals surface area contributed by atoms with Crippen LogP contribution in [0, 0.1) is 4.77 Å². The van der Waals surface area contributed by atoms with Crippen molar-refractivity contribution in [3.8, 4) is 11.5 Å². The summed E-state index contributed by atoms with van der Waals surface area (Å²) < 4.78 is 1.90. The maximum Gasteiger partial charge on any atom is 0.216 e. The molecule has 6 nitrogen and oxygen atoms in total. The molecule has 0 saturated heterocycles. The smallest absolute Gasteiger partial charge is 0.216 e. The number of benzene rings is 1. The molecule has 0 spiro atoms. The van der Waals surface area contributed by atoms with Gasteiger partial charge in [-0.1, -0.05) is 36.4 Å². The number of nitrogens with zero attached hydrogens (tertiary/aromatic N) is 5. The Hall–Kier alpha value is -2.93. The zero-order chi connectivity index (χ0) is 15.2. The van der Waals surface area contributed by atoms with Crippen LogP contribution < -0.4 is 0 Å². The van der Waals surface area contributed by atoms with Crippen molar-refractivity contribution in [2.24, 2.45) is 5.10 Å². The van der Waals surface area contributed by atoms with E-state index in [0.29, 0.717) is 16.3 Å². The molecule has 108 valence electrons. The standard InChI is InChI=1S/C15H12N6S/c22-15-20-19-14(13-11-16-9-10-17-13)21(15)18-8-4-7-12-5-2-1-3-6-12/h1-11H,(H,20,22)/b7-4+,18-8+. The quantitative estimate of drug-likeness (QED) is 0.594. The third-order valence-electron chi connectivity index (χ3n) is 2.80. The van der Waals surface area contributed by atoms with Crippen molar-refractivity contribution in [1.29, 1.82) is 0 Å². The van der Waals surface area contributed by atoms with Gasteiger partial charge in [-0.3, -0.25) is 4.98 Å². The lowest BCUT2D eigenvalue weighted by Gasteiger charge is -1.97. The summed E-state index contributed by atoms with van der Waals surface area (Å²) in [6, 6.07) is 9.96. The fourth-order valence-corrected chi connectivity index (χ4v) is 1.98. The zero-order valence-corrected chi connectivity index (χ0v) is 12.3. The summed E-state index contributed by atoms with van der Waals surface area (Å²) in [5.41, 5.74) is 1.69. The second kappa shape index (κ2) is 6.68. The van der Waals surface area contributed by atoms with Crippen molar-refractivity contribution in [3.63, 3.8) is 0 Å². The van der Waals surface area contributed by atoms with Crippen molar-refractivity contribution in [2.45, 2.75) is 0 Å². The third-order valence-corrected chi connectivity index (χ3v) is 3.06. The van der Waals surface area contributed by atoms with E-state index in [4.69, 9.17) is 12.2 Å². The lowest BCUT2D eigenvalue weighted by atomic mass is 10.2. The van der Waals surface area contributed by atoms with Crippen molar-refractivity contribution in [2.75, 3.05) is 0 Å². The Morgan fingerprint density at radius 3 is 2.82 bits per heavy atom. The van der Waals surface area contributed by atoms with Gasteiger partial charge in [0.05, 0.1) is 6.20 Å². The molecule has 2 aromatic heterocycles. The first kappa shape index (κ1) is 14.0. The molecule has 2 heterocycles. The van der Waals surface area contributed by atoms with Crippen LogP contribution in [0.1, 0.15) is 5.56 Å². The molecule has 0 unspecified atom stereocenters. The summed E-state index contributed by atoms with van der Waals surface area (Å²) in [5, 5.41) is 11.1. The Kier molecular flexibility index (Phi) is 4.26. The number of aromatic amines is 1. The lowest BCUT2D eigenvalue weighted by molar-refractivity contribution is 0.867. The van der Waals surface area contributed by atoms with Crippen LogP contribution in [0.3, 0.4) is 0 Å². The van der Waals surface area contributed by atoms with E-state index in [9.17, 15) is 0 Å². The molecule has 0 aliphatic carbocycles. The predicted molar refractivity (Wildman–Crippen MR) is 87.8 cm³/mol. The van der Waals surface area contributed by atoms with Crippen molar-refractivity contribution < 1.29 is 0 Å². The molecular formula is C15H12N6S. The minimum Gasteiger partial charge on any atom is -0.261 e. The van der Waals surface area contributed by atoms with E-state index in [-0.39, 0.29) is 0 Å². The van der Waals surface area contributed by atoms with E-state index in [0.717, 1.165) is 5.56 Å². The number of hydrogen-bond donors (Lipinski definition) is 1. The van der Waals surface area contributed by atoms with Crippen LogP contribution in [-0.2, 0) is 0 Å². The Labute approximate surface area is 131 Å². The van der Waals surface area contributed by atoms with Crippen molar-refractivity contribution in [1.82, 2.24) is 24.8 Å². The van der Waals surface area contributed by atoms with Gasteiger partial charge in [0.2, 0.25) is 10.6 Å². The van der Waals surface area contributed by atoms with Gasteiger partial charge in [-0.2, -0.15) is 14.9 Å². The van der Waals surface area contributed by atoms with Crippen LogP contribution in [0.5, 0.6) is 0 Å². The molecule has 0 saturated carbocycles. The first-order valence-electron chi connectivity index (χ1n) is 6.54. The van der Waals surface area contributed by atoms with E-state index < -0.39 is 0 Å². The number of H-pyrrole nitrogens is 1. The summed E-state index contributed by atoms with van der Waals surface area (Å²) in [7, 11) is 0. The molecular weight excluding hydrogens is 296 g/mol. The topological polar surface area (TPSA) is 71.8 Å². The zero-order valence-electron chi connectivity index (χ0n) is 11.5. The minimum absolute atomic E-state index is 0.394. The molecule has 3 rings (SSSR count). The van der Waals surface area contributed by atoms with Gasteiger partial charge in [0.1, 0.15) is 5.69 Å². The van der Waals surface area contributed by atoms with Gasteiger partial charge in [-0.15, -0.1) is 0 Å². The van der Waals surface area contributed by atoms with Crippen LogP contribution in [-0.4, -0.2) is 31.1 Å². The molecule has 1 N–H and O–H groups in total. The summed E-state index contributed by atoms with van der Waals surface area (Å²) in [5.74, 6) is 0.516. The number of nitrogens with one attached hydrogen (secondary N) is 1. The average molecular weight is 308 g/mol. The fraction of sp³-hybridized carbons (Fsp3) is 0. The first-order valence-corrected chi connectivity index (χ1v) is 6.95. The summed E-state index contributed by atoms with van der Waals surface area (Å²) in [6.45, 7) is 0. The van der Waals surface area contributed by atoms with Gasteiger partial charge in [0.15, 0.2) is 0 Å². The molecule has 0 atom stereocenters. The van der Waals surface area contributed by atoms with Gasteiger partial charge in [0, 0.05) is 18.6 Å². The maximum atomic E-state index is 5.17. The average Bonchev–Trinajstić information content (AvgIpc) is 2.94. The molecule has 7 heteroatoms. The molecule has 0 bridgehead atoms. The summed E-state index contributed by atoms with van der Waals surface area (Å²) in [6.07, 6.45) is 10.2. The number of aromatic nitrogens is 5. The molecule has 0 aliphatic rings. The highest BCUT2D eigenvalue weighted by Crippen LogP contribution is 2.12. The molecule has 0 fully saturated rings. The van der Waals surface area contributed by atoms with E-state index >= 15 is 0 Å². The lowest BCUT2D eigenvalue weighted by Crippen LogP contribution is -1.95. The normalized spacial score (nSPS) is 11.5. The summed E-state index contributed by atoms with van der Waals surface area (Å²) >= 11 is 5.17. The second-order valence-corrected chi connectivity index (χ2v) is 4.68. The molecule has 3 aromatic rings.